The Bertz CT molecular complexity index is 1520. The molecule has 13 heteroatoms. The third-order valence-corrected chi connectivity index (χ3v) is 7.42. The fourth-order valence-corrected chi connectivity index (χ4v) is 5.36. The quantitative estimate of drug-likeness (QED) is 0.259. The number of hydrogen-bond donors (Lipinski definition) is 3. The summed E-state index contributed by atoms with van der Waals surface area (Å²) in [4.78, 5) is 48.4. The van der Waals surface area contributed by atoms with Gasteiger partial charge in [0.15, 0.2) is 5.06 Å². The van der Waals surface area contributed by atoms with Gasteiger partial charge >= 0.3 is 6.61 Å². The number of carbonyl (C=O) groups excluding carboxylic acids is 3. The molecule has 1 aliphatic heterocycles. The first-order valence-electron chi connectivity index (χ1n) is 12.8. The molecule has 0 radical (unpaired) electrons. The summed E-state index contributed by atoms with van der Waals surface area (Å²) < 4.78 is 36.3. The number of carbonyl (C=O) groups is 3. The van der Waals surface area contributed by atoms with E-state index in [0.29, 0.717) is 16.5 Å². The largest absolute Gasteiger partial charge is 0.447 e. The summed E-state index contributed by atoms with van der Waals surface area (Å²) in [5, 5.41) is 6.84. The summed E-state index contributed by atoms with van der Waals surface area (Å²) in [5.41, 5.74) is 1.83. The van der Waals surface area contributed by atoms with Crippen LogP contribution < -0.4 is 15.4 Å². The van der Waals surface area contributed by atoms with Crippen LogP contribution in [0.4, 0.5) is 8.78 Å². The van der Waals surface area contributed by atoms with E-state index < -0.39 is 43.0 Å². The second-order valence-corrected chi connectivity index (χ2v) is 10.7. The number of likely N-dealkylation sites (tertiary alicyclic amines) is 1. The molecule has 3 aromatic heterocycles. The average Bonchev–Trinajstić information content (AvgIpc) is 3.68. The average molecular weight is 584 g/mol. The van der Waals surface area contributed by atoms with Crippen LogP contribution in [0.5, 0.6) is 10.8 Å². The zero-order valence-electron chi connectivity index (χ0n) is 21.9. The van der Waals surface area contributed by atoms with E-state index in [1.54, 1.807) is 42.7 Å². The number of amides is 3. The third kappa shape index (κ3) is 7.05. The smallest absolute Gasteiger partial charge is 0.345 e. The summed E-state index contributed by atoms with van der Waals surface area (Å²) in [7, 11) is 0. The summed E-state index contributed by atoms with van der Waals surface area (Å²) >= 11 is 1.47. The van der Waals surface area contributed by atoms with Gasteiger partial charge in [-0.25, -0.2) is 0 Å². The number of rotatable bonds is 10. The van der Waals surface area contributed by atoms with Crippen LogP contribution in [0.2, 0.25) is 0 Å². The normalized spacial score (nSPS) is 16.7. The molecule has 3 amide bonds. The lowest BCUT2D eigenvalue weighted by Gasteiger charge is -2.24. The van der Waals surface area contributed by atoms with Crippen LogP contribution >= 0.6 is 11.3 Å². The van der Waals surface area contributed by atoms with Gasteiger partial charge in [-0.2, -0.15) is 8.78 Å². The lowest BCUT2D eigenvalue weighted by atomic mass is 10.1. The van der Waals surface area contributed by atoms with Gasteiger partial charge in [0.25, 0.3) is 5.91 Å². The first-order chi connectivity index (χ1) is 19.7. The maximum Gasteiger partial charge on any atom is 0.345 e. The van der Waals surface area contributed by atoms with Crippen LogP contribution in [0.3, 0.4) is 0 Å². The van der Waals surface area contributed by atoms with E-state index in [2.05, 4.69) is 25.3 Å². The molecule has 1 aliphatic rings. The molecule has 1 fully saturated rings. The molecular formula is C28H27F2N5O5S. The molecule has 0 saturated carbocycles. The van der Waals surface area contributed by atoms with Gasteiger partial charge in [-0.3, -0.25) is 19.4 Å². The Morgan fingerprint density at radius 2 is 2.02 bits per heavy atom. The fraction of sp³-hybridized carbons (Fsp3) is 0.286. The van der Waals surface area contributed by atoms with Gasteiger partial charge in [0.1, 0.15) is 11.8 Å². The van der Waals surface area contributed by atoms with E-state index in [9.17, 15) is 23.2 Å². The molecule has 5 rings (SSSR count). The molecule has 0 unspecified atom stereocenters. The van der Waals surface area contributed by atoms with Crippen molar-refractivity contribution in [2.75, 3.05) is 13.1 Å². The number of thiophene rings is 1. The van der Waals surface area contributed by atoms with Gasteiger partial charge in [0, 0.05) is 52.4 Å². The van der Waals surface area contributed by atoms with E-state index in [0.717, 1.165) is 20.7 Å². The molecule has 1 saturated heterocycles. The number of aryl methyl sites for hydroxylation is 1. The van der Waals surface area contributed by atoms with Crippen LogP contribution in [-0.4, -0.2) is 64.4 Å². The Morgan fingerprint density at radius 3 is 2.78 bits per heavy atom. The highest BCUT2D eigenvalue weighted by atomic mass is 32.1. The first kappa shape index (κ1) is 28.2. The minimum absolute atomic E-state index is 0.103. The monoisotopic (exact) mass is 583 g/mol. The number of H-pyrrole nitrogens is 1. The Morgan fingerprint density at radius 1 is 1.17 bits per heavy atom. The van der Waals surface area contributed by atoms with E-state index in [4.69, 9.17) is 4.74 Å². The lowest BCUT2D eigenvalue weighted by molar-refractivity contribution is -0.160. The van der Waals surface area contributed by atoms with Gasteiger partial charge in [-0.1, -0.05) is 6.07 Å². The number of fused-ring (bicyclic) bond motifs is 1. The Labute approximate surface area is 237 Å². The number of aromatic nitrogens is 2. The molecule has 0 aliphatic carbocycles. The van der Waals surface area contributed by atoms with Gasteiger partial charge in [-0.05, 0) is 49.4 Å². The number of pyridine rings is 1. The lowest BCUT2D eigenvalue weighted by Crippen LogP contribution is -2.49. The first-order valence-corrected chi connectivity index (χ1v) is 13.6. The van der Waals surface area contributed by atoms with Crippen molar-refractivity contribution in [1.82, 2.24) is 25.5 Å². The summed E-state index contributed by atoms with van der Waals surface area (Å²) in [6.45, 7) is -1.61. The minimum Gasteiger partial charge on any atom is -0.447 e. The highest BCUT2D eigenvalue weighted by Crippen LogP contribution is 2.29. The van der Waals surface area contributed by atoms with Crippen molar-refractivity contribution in [1.29, 1.82) is 0 Å². The second-order valence-electron chi connectivity index (χ2n) is 9.47. The van der Waals surface area contributed by atoms with Crippen molar-refractivity contribution in [3.8, 4) is 10.8 Å². The molecule has 1 aromatic carbocycles. The number of nitrogens with zero attached hydrogens (tertiary/aromatic N) is 2. The molecule has 2 atom stereocenters. The zero-order chi connectivity index (χ0) is 28.9. The van der Waals surface area contributed by atoms with Crippen LogP contribution in [-0.2, 0) is 20.9 Å². The Balaban J connectivity index is 1.20. The number of alkyl halides is 2. The predicted molar refractivity (Wildman–Crippen MR) is 147 cm³/mol. The van der Waals surface area contributed by atoms with E-state index >= 15 is 0 Å². The molecule has 4 aromatic rings. The summed E-state index contributed by atoms with van der Waals surface area (Å²) in [6, 6.07) is 12.8. The van der Waals surface area contributed by atoms with Crippen molar-refractivity contribution in [3.63, 3.8) is 0 Å². The number of hydrogen-bond acceptors (Lipinski definition) is 7. The highest BCUT2D eigenvalue weighted by Gasteiger charge is 2.41. The summed E-state index contributed by atoms with van der Waals surface area (Å²) in [6.07, 6.45) is 2.19. The number of ether oxygens (including phenoxy) is 2. The molecular weight excluding hydrogens is 556 g/mol. The van der Waals surface area contributed by atoms with E-state index in [-0.39, 0.29) is 25.1 Å². The van der Waals surface area contributed by atoms with Crippen molar-refractivity contribution in [3.05, 3.63) is 77.1 Å². The molecule has 214 valence electrons. The summed E-state index contributed by atoms with van der Waals surface area (Å²) in [5.74, 6) is -1.19. The topological polar surface area (TPSA) is 126 Å². The number of halogens is 2. The highest BCUT2D eigenvalue weighted by molar-refractivity contribution is 7.13. The van der Waals surface area contributed by atoms with Gasteiger partial charge in [0.2, 0.25) is 11.8 Å². The van der Waals surface area contributed by atoms with Crippen LogP contribution in [0.15, 0.2) is 60.9 Å². The standard InChI is InChI=1S/C28H27F2N5O5S/c1-16-5-6-25(41-16)39-20-4-2-3-17(10-20)26(37)33-14-24(36)35-15-21(40-28(29)30)11-23(35)27(38)32-13-19-9-18-12-31-8-7-22(18)34-19/h2-10,12,21,23,28,34H,11,13-15H2,1H3,(H,32,38)(H,33,37)/t21-,23+/m1/s1. The van der Waals surface area contributed by atoms with Crippen molar-refractivity contribution in [2.45, 2.75) is 38.6 Å². The Hall–Kier alpha value is -4.36. The molecule has 0 spiro atoms. The number of nitrogens with one attached hydrogen (secondary N) is 3. The molecule has 3 N–H and O–H groups in total. The predicted octanol–water partition coefficient (Wildman–Crippen LogP) is 3.98. The molecule has 10 nitrogen and oxygen atoms in total. The third-order valence-electron chi connectivity index (χ3n) is 6.54. The fourth-order valence-electron chi connectivity index (χ4n) is 4.64. The molecule has 0 bridgehead atoms. The molecule has 4 heterocycles. The van der Waals surface area contributed by atoms with Crippen molar-refractivity contribution >= 4 is 40.0 Å². The molecule has 41 heavy (non-hydrogen) atoms. The maximum absolute atomic E-state index is 13.1. The number of aromatic amines is 1. The SMILES string of the molecule is Cc1ccc(Oc2cccc(C(=O)NCC(=O)N3C[C@H](OC(F)F)C[C@H]3C(=O)NCc3cc4cnccc4[nH]3)c2)s1. The van der Waals surface area contributed by atoms with Gasteiger partial charge in [-0.15, -0.1) is 11.3 Å². The van der Waals surface area contributed by atoms with Crippen LogP contribution in [0.25, 0.3) is 10.9 Å². The minimum atomic E-state index is -3.05. The van der Waals surface area contributed by atoms with Crippen LogP contribution in [0.1, 0.15) is 27.3 Å². The maximum atomic E-state index is 13.1. The van der Waals surface area contributed by atoms with Gasteiger partial charge in [0.05, 0.1) is 19.2 Å². The van der Waals surface area contributed by atoms with Gasteiger partial charge < -0.3 is 30.0 Å². The van der Waals surface area contributed by atoms with E-state index in [1.165, 1.54) is 11.3 Å². The zero-order valence-corrected chi connectivity index (χ0v) is 22.8. The Kier molecular flexibility index (Phi) is 8.55. The van der Waals surface area contributed by atoms with Crippen molar-refractivity contribution in [2.24, 2.45) is 0 Å². The van der Waals surface area contributed by atoms with Crippen molar-refractivity contribution < 1.29 is 32.6 Å². The van der Waals surface area contributed by atoms with E-state index in [1.807, 2.05) is 25.1 Å². The second kappa shape index (κ2) is 12.4. The van der Waals surface area contributed by atoms with Crippen LogP contribution in [0, 0.1) is 6.92 Å². The number of benzene rings is 1.